The lowest BCUT2D eigenvalue weighted by Gasteiger charge is -2.08. The molecule has 1 aromatic carbocycles. The quantitative estimate of drug-likeness (QED) is 0.535. The average molecular weight is 201 g/mol. The summed E-state index contributed by atoms with van der Waals surface area (Å²) < 4.78 is 39.0. The van der Waals surface area contributed by atoms with Crippen LogP contribution < -0.4 is 11.1 Å². The lowest BCUT2D eigenvalue weighted by Crippen LogP contribution is -2.07. The Hall–Kier alpha value is -1.90. The van der Waals surface area contributed by atoms with Crippen LogP contribution in [-0.2, 0) is 0 Å². The maximum Gasteiger partial charge on any atom is 0.186 e. The van der Waals surface area contributed by atoms with Crippen molar-refractivity contribution in [3.8, 4) is 6.07 Å². The zero-order valence-electron chi connectivity index (χ0n) is 7.16. The molecule has 0 amide bonds. The summed E-state index contributed by atoms with van der Waals surface area (Å²) in [6.07, 6.45) is 0. The van der Waals surface area contributed by atoms with E-state index in [1.165, 1.54) is 13.1 Å². The predicted octanol–water partition coefficient (Wildman–Crippen LogP) is 1.60. The van der Waals surface area contributed by atoms with E-state index in [2.05, 4.69) is 5.32 Å². The molecular weight excluding hydrogens is 195 g/mol. The first-order valence-electron chi connectivity index (χ1n) is 3.58. The van der Waals surface area contributed by atoms with Crippen molar-refractivity contribution in [1.82, 2.24) is 0 Å². The van der Waals surface area contributed by atoms with E-state index in [9.17, 15) is 13.2 Å². The van der Waals surface area contributed by atoms with E-state index in [4.69, 9.17) is 11.0 Å². The van der Waals surface area contributed by atoms with Crippen LogP contribution >= 0.6 is 0 Å². The number of nitrogens with two attached hydrogens (primary N) is 1. The summed E-state index contributed by atoms with van der Waals surface area (Å²) in [6.45, 7) is 0. The highest BCUT2D eigenvalue weighted by Crippen LogP contribution is 2.29. The van der Waals surface area contributed by atoms with Crippen LogP contribution in [0.15, 0.2) is 0 Å². The number of nitrogens with zero attached hydrogens (tertiary/aromatic N) is 1. The van der Waals surface area contributed by atoms with Gasteiger partial charge in [-0.2, -0.15) is 5.26 Å². The average Bonchev–Trinajstić information content (AvgIpc) is 2.20. The summed E-state index contributed by atoms with van der Waals surface area (Å²) in [5.41, 5.74) is 2.84. The minimum atomic E-state index is -1.54. The predicted molar refractivity (Wildman–Crippen MR) is 45.0 cm³/mol. The third kappa shape index (κ3) is 1.23. The Morgan fingerprint density at radius 1 is 1.21 bits per heavy atom. The Morgan fingerprint density at radius 3 is 2.21 bits per heavy atom. The number of nitriles is 1. The molecule has 0 heterocycles. The molecule has 0 saturated heterocycles. The number of hydrogen-bond donors (Lipinski definition) is 2. The standard InChI is InChI=1S/C8H6F3N3/c1-14-8-3(2-12)4(9)5(10)7(13)6(8)11/h14H,13H2,1H3. The largest absolute Gasteiger partial charge is 0.394 e. The molecule has 3 N–H and O–H groups in total. The molecule has 0 radical (unpaired) electrons. The van der Waals surface area contributed by atoms with Crippen molar-refractivity contribution >= 4 is 11.4 Å². The van der Waals surface area contributed by atoms with Gasteiger partial charge in [0, 0.05) is 7.05 Å². The van der Waals surface area contributed by atoms with Crippen LogP contribution in [0.1, 0.15) is 5.56 Å². The second-order valence-electron chi connectivity index (χ2n) is 2.47. The van der Waals surface area contributed by atoms with Gasteiger partial charge in [-0.3, -0.25) is 0 Å². The van der Waals surface area contributed by atoms with Crippen LogP contribution in [0.3, 0.4) is 0 Å². The molecule has 0 fully saturated rings. The smallest absolute Gasteiger partial charge is 0.186 e. The molecule has 14 heavy (non-hydrogen) atoms. The van der Waals surface area contributed by atoms with Gasteiger partial charge in [0.1, 0.15) is 17.3 Å². The van der Waals surface area contributed by atoms with Gasteiger partial charge in [0.05, 0.1) is 5.69 Å². The normalized spacial score (nSPS) is 9.64. The molecule has 6 heteroatoms. The van der Waals surface area contributed by atoms with Crippen molar-refractivity contribution in [1.29, 1.82) is 5.26 Å². The third-order valence-electron chi connectivity index (χ3n) is 1.72. The van der Waals surface area contributed by atoms with Gasteiger partial charge >= 0.3 is 0 Å². The number of anilines is 2. The van der Waals surface area contributed by atoms with Crippen LogP contribution in [-0.4, -0.2) is 7.05 Å². The number of nitrogens with one attached hydrogen (secondary N) is 1. The Bertz CT molecular complexity index is 423. The van der Waals surface area contributed by atoms with Gasteiger partial charge in [-0.25, -0.2) is 13.2 Å². The number of hydrogen-bond acceptors (Lipinski definition) is 3. The van der Waals surface area contributed by atoms with Crippen LogP contribution in [0.2, 0.25) is 0 Å². The summed E-state index contributed by atoms with van der Waals surface area (Å²) >= 11 is 0. The van der Waals surface area contributed by atoms with Gasteiger partial charge in [-0.1, -0.05) is 0 Å². The Balaban J connectivity index is 3.68. The van der Waals surface area contributed by atoms with Crippen molar-refractivity contribution in [2.75, 3.05) is 18.1 Å². The molecule has 3 nitrogen and oxygen atoms in total. The fourth-order valence-corrected chi connectivity index (χ4v) is 1.02. The maximum absolute atomic E-state index is 13.1. The van der Waals surface area contributed by atoms with E-state index in [1.807, 2.05) is 0 Å². The zero-order chi connectivity index (χ0) is 10.9. The van der Waals surface area contributed by atoms with Gasteiger partial charge in [0.2, 0.25) is 0 Å². The first-order valence-corrected chi connectivity index (χ1v) is 3.58. The molecule has 0 aliphatic heterocycles. The molecule has 0 atom stereocenters. The Kier molecular flexibility index (Phi) is 2.51. The van der Waals surface area contributed by atoms with E-state index in [-0.39, 0.29) is 0 Å². The third-order valence-corrected chi connectivity index (χ3v) is 1.72. The fraction of sp³-hybridized carbons (Fsp3) is 0.125. The van der Waals surface area contributed by atoms with Crippen LogP contribution in [0.25, 0.3) is 0 Å². The lowest BCUT2D eigenvalue weighted by atomic mass is 10.1. The van der Waals surface area contributed by atoms with E-state index < -0.39 is 34.4 Å². The molecule has 0 spiro atoms. The van der Waals surface area contributed by atoms with Crippen LogP contribution in [0, 0.1) is 28.8 Å². The second kappa shape index (κ2) is 3.46. The topological polar surface area (TPSA) is 61.8 Å². The number of nitrogen functional groups attached to an aromatic ring is 1. The maximum atomic E-state index is 13.1. The fourth-order valence-electron chi connectivity index (χ4n) is 1.02. The minimum absolute atomic E-state index is 0.441. The monoisotopic (exact) mass is 201 g/mol. The summed E-state index contributed by atoms with van der Waals surface area (Å²) in [5.74, 6) is -4.16. The molecule has 0 saturated carbocycles. The van der Waals surface area contributed by atoms with Gasteiger partial charge in [-0.15, -0.1) is 0 Å². The summed E-state index contributed by atoms with van der Waals surface area (Å²) in [7, 11) is 1.27. The summed E-state index contributed by atoms with van der Waals surface area (Å²) in [5, 5.41) is 10.7. The van der Waals surface area contributed by atoms with Crippen molar-refractivity contribution in [3.63, 3.8) is 0 Å². The molecule has 1 aromatic rings. The second-order valence-corrected chi connectivity index (χ2v) is 2.47. The molecule has 0 aliphatic carbocycles. The van der Waals surface area contributed by atoms with Gasteiger partial charge < -0.3 is 11.1 Å². The molecule has 0 unspecified atom stereocenters. The molecule has 74 valence electrons. The van der Waals surface area contributed by atoms with E-state index >= 15 is 0 Å². The van der Waals surface area contributed by atoms with Crippen molar-refractivity contribution in [2.24, 2.45) is 0 Å². The van der Waals surface area contributed by atoms with E-state index in [0.717, 1.165) is 0 Å². The van der Waals surface area contributed by atoms with Crippen molar-refractivity contribution < 1.29 is 13.2 Å². The van der Waals surface area contributed by atoms with E-state index in [1.54, 1.807) is 0 Å². The number of halogens is 3. The highest BCUT2D eigenvalue weighted by atomic mass is 19.2. The van der Waals surface area contributed by atoms with Gasteiger partial charge in [-0.05, 0) is 0 Å². The Labute approximate surface area is 77.9 Å². The number of benzene rings is 1. The summed E-state index contributed by atoms with van der Waals surface area (Å²) in [4.78, 5) is 0. The zero-order valence-corrected chi connectivity index (χ0v) is 7.16. The van der Waals surface area contributed by atoms with E-state index in [0.29, 0.717) is 0 Å². The highest BCUT2D eigenvalue weighted by Gasteiger charge is 2.22. The molecule has 0 bridgehead atoms. The van der Waals surface area contributed by atoms with Crippen molar-refractivity contribution in [2.45, 2.75) is 0 Å². The number of rotatable bonds is 1. The molecule has 1 rings (SSSR count). The first-order chi connectivity index (χ1) is 6.54. The highest BCUT2D eigenvalue weighted by molar-refractivity contribution is 5.66. The van der Waals surface area contributed by atoms with Crippen LogP contribution in [0.5, 0.6) is 0 Å². The molecular formula is C8H6F3N3. The van der Waals surface area contributed by atoms with Gasteiger partial charge in [0.25, 0.3) is 0 Å². The molecule has 0 aromatic heterocycles. The summed E-state index contributed by atoms with van der Waals surface area (Å²) in [6, 6.07) is 1.35. The minimum Gasteiger partial charge on any atom is -0.394 e. The molecule has 0 aliphatic rings. The van der Waals surface area contributed by atoms with Crippen LogP contribution in [0.4, 0.5) is 24.5 Å². The lowest BCUT2D eigenvalue weighted by molar-refractivity contribution is 0.499. The van der Waals surface area contributed by atoms with Gasteiger partial charge in [0.15, 0.2) is 17.5 Å². The first kappa shape index (κ1) is 10.2. The SMILES string of the molecule is CNc1c(F)c(N)c(F)c(F)c1C#N. The Morgan fingerprint density at radius 2 is 1.79 bits per heavy atom. The van der Waals surface area contributed by atoms with Crippen molar-refractivity contribution in [3.05, 3.63) is 23.0 Å².